The van der Waals surface area contributed by atoms with Crippen molar-refractivity contribution in [1.29, 1.82) is 0 Å². The highest BCUT2D eigenvalue weighted by Gasteiger charge is 2.52. The van der Waals surface area contributed by atoms with Crippen LogP contribution >= 0.6 is 0 Å². The molecule has 1 saturated heterocycles. The number of carbonyl (C=O) groups excluding carboxylic acids is 1. The minimum Gasteiger partial charge on any atom is -0.391 e. The van der Waals surface area contributed by atoms with Gasteiger partial charge >= 0.3 is 0 Å². The molecule has 0 spiro atoms. The van der Waals surface area contributed by atoms with E-state index in [1.54, 1.807) is 17.4 Å². The molecule has 1 aromatic rings. The Morgan fingerprint density at radius 3 is 2.52 bits per heavy atom. The van der Waals surface area contributed by atoms with E-state index in [1.807, 2.05) is 10.8 Å². The minimum absolute atomic E-state index is 0.0122. The Kier molecular flexibility index (Phi) is 3.44. The quantitative estimate of drug-likeness (QED) is 0.900. The van der Waals surface area contributed by atoms with Gasteiger partial charge < -0.3 is 14.6 Å². The Morgan fingerprint density at radius 2 is 1.91 bits per heavy atom. The average molecular weight is 325 g/mol. The first kappa shape index (κ1) is 15.1. The molecule has 2 heterocycles. The number of carbonyl (C=O) groups is 1. The monoisotopic (exact) mass is 325 g/mol. The molecule has 0 aromatic carbocycles. The number of aliphatic hydroxyl groups is 1. The van der Waals surface area contributed by atoms with E-state index in [0.717, 1.165) is 6.42 Å². The van der Waals surface area contributed by atoms with Crippen LogP contribution in [0.15, 0.2) is 18.7 Å². The van der Waals surface area contributed by atoms with E-state index in [-0.39, 0.29) is 30.7 Å². The zero-order valence-corrected chi connectivity index (χ0v) is 12.8. The molecule has 1 amide bonds. The standard InChI is InChI=1S/C16H21F2N3O2/c17-16(18)5-12(6-16)15(23)21-7-10-3-13(20-2-1-19-9-20)14(22)4-11(10)8-21/h1-2,9-14,22H,3-8H2/t10-,11+,13-,14-/m1/s1. The Labute approximate surface area is 133 Å². The molecule has 2 saturated carbocycles. The zero-order valence-electron chi connectivity index (χ0n) is 12.8. The summed E-state index contributed by atoms with van der Waals surface area (Å²) in [6.45, 7) is 1.22. The summed E-state index contributed by atoms with van der Waals surface area (Å²) in [5, 5.41) is 10.4. The van der Waals surface area contributed by atoms with Crippen molar-refractivity contribution in [2.45, 2.75) is 43.8 Å². The van der Waals surface area contributed by atoms with Crippen LogP contribution in [0.2, 0.25) is 0 Å². The third kappa shape index (κ3) is 2.65. The van der Waals surface area contributed by atoms with Crippen LogP contribution in [0.5, 0.6) is 0 Å². The van der Waals surface area contributed by atoms with Crippen LogP contribution in [0.4, 0.5) is 8.78 Å². The predicted octanol–water partition coefficient (Wildman–Crippen LogP) is 1.70. The van der Waals surface area contributed by atoms with E-state index in [1.165, 1.54) is 0 Å². The van der Waals surface area contributed by atoms with Gasteiger partial charge in [0.1, 0.15) is 0 Å². The number of amides is 1. The van der Waals surface area contributed by atoms with E-state index in [4.69, 9.17) is 0 Å². The van der Waals surface area contributed by atoms with Gasteiger partial charge in [0.05, 0.1) is 18.5 Å². The lowest BCUT2D eigenvalue weighted by Crippen LogP contribution is -2.46. The van der Waals surface area contributed by atoms with Gasteiger partial charge in [-0.15, -0.1) is 0 Å². The predicted molar refractivity (Wildman–Crippen MR) is 77.7 cm³/mol. The molecule has 1 N–H and O–H groups in total. The summed E-state index contributed by atoms with van der Waals surface area (Å²) in [6, 6.07) is -0.0122. The van der Waals surface area contributed by atoms with E-state index in [9.17, 15) is 18.7 Å². The molecule has 3 fully saturated rings. The lowest BCUT2D eigenvalue weighted by Gasteiger charge is -2.36. The summed E-state index contributed by atoms with van der Waals surface area (Å²) in [5.74, 6) is -2.70. The first-order valence-corrected chi connectivity index (χ1v) is 8.25. The fraction of sp³-hybridized carbons (Fsp3) is 0.750. The number of nitrogens with zero attached hydrogens (tertiary/aromatic N) is 3. The maximum Gasteiger partial charge on any atom is 0.249 e. The first-order valence-electron chi connectivity index (χ1n) is 8.25. The van der Waals surface area contributed by atoms with Gasteiger partial charge in [0.15, 0.2) is 0 Å². The Bertz CT molecular complexity index is 584. The second-order valence-electron chi connectivity index (χ2n) is 7.34. The molecule has 4 atom stereocenters. The molecular formula is C16H21F2N3O2. The number of hydrogen-bond acceptors (Lipinski definition) is 3. The van der Waals surface area contributed by atoms with Crippen molar-refractivity contribution in [3.8, 4) is 0 Å². The summed E-state index contributed by atoms with van der Waals surface area (Å²) < 4.78 is 27.9. The third-order valence-electron chi connectivity index (χ3n) is 5.77. The summed E-state index contributed by atoms with van der Waals surface area (Å²) in [5.41, 5.74) is 0. The fourth-order valence-corrected chi connectivity index (χ4v) is 4.47. The largest absolute Gasteiger partial charge is 0.391 e. The van der Waals surface area contributed by atoms with Crippen molar-refractivity contribution < 1.29 is 18.7 Å². The van der Waals surface area contributed by atoms with Crippen LogP contribution in [-0.2, 0) is 4.79 Å². The number of fused-ring (bicyclic) bond motifs is 1. The van der Waals surface area contributed by atoms with Crippen molar-refractivity contribution in [1.82, 2.24) is 14.5 Å². The molecule has 4 rings (SSSR count). The second kappa shape index (κ2) is 5.26. The van der Waals surface area contributed by atoms with Crippen molar-refractivity contribution >= 4 is 5.91 Å². The van der Waals surface area contributed by atoms with Crippen molar-refractivity contribution in [2.75, 3.05) is 13.1 Å². The molecular weight excluding hydrogens is 304 g/mol. The number of halogens is 2. The van der Waals surface area contributed by atoms with Gasteiger partial charge in [-0.25, -0.2) is 13.8 Å². The van der Waals surface area contributed by atoms with Crippen molar-refractivity contribution in [3.63, 3.8) is 0 Å². The highest BCUT2D eigenvalue weighted by molar-refractivity contribution is 5.80. The maximum atomic E-state index is 13.0. The molecule has 0 radical (unpaired) electrons. The molecule has 5 nitrogen and oxygen atoms in total. The maximum absolute atomic E-state index is 13.0. The molecule has 0 bridgehead atoms. The van der Waals surface area contributed by atoms with Crippen molar-refractivity contribution in [3.05, 3.63) is 18.7 Å². The van der Waals surface area contributed by atoms with Gasteiger partial charge in [-0.1, -0.05) is 0 Å². The van der Waals surface area contributed by atoms with Crippen LogP contribution in [0.25, 0.3) is 0 Å². The number of hydrogen-bond donors (Lipinski definition) is 1. The molecule has 126 valence electrons. The zero-order chi connectivity index (χ0) is 16.2. The Balaban J connectivity index is 1.41. The second-order valence-corrected chi connectivity index (χ2v) is 7.34. The van der Waals surface area contributed by atoms with Gasteiger partial charge in [0.2, 0.25) is 11.8 Å². The molecule has 0 unspecified atom stereocenters. The molecule has 3 aliphatic rings. The van der Waals surface area contributed by atoms with Crippen LogP contribution in [0.1, 0.15) is 31.7 Å². The Morgan fingerprint density at radius 1 is 1.22 bits per heavy atom. The van der Waals surface area contributed by atoms with Crippen LogP contribution < -0.4 is 0 Å². The molecule has 23 heavy (non-hydrogen) atoms. The van der Waals surface area contributed by atoms with Gasteiger partial charge in [-0.05, 0) is 24.7 Å². The molecule has 1 aliphatic heterocycles. The smallest absolute Gasteiger partial charge is 0.249 e. The highest BCUT2D eigenvalue weighted by atomic mass is 19.3. The van der Waals surface area contributed by atoms with Crippen LogP contribution in [0.3, 0.4) is 0 Å². The summed E-state index contributed by atoms with van der Waals surface area (Å²) in [4.78, 5) is 18.1. The molecule has 1 aromatic heterocycles. The van der Waals surface area contributed by atoms with Crippen molar-refractivity contribution in [2.24, 2.45) is 17.8 Å². The molecule has 2 aliphatic carbocycles. The molecule has 7 heteroatoms. The van der Waals surface area contributed by atoms with E-state index < -0.39 is 17.9 Å². The van der Waals surface area contributed by atoms with Gasteiger partial charge in [-0.3, -0.25) is 4.79 Å². The highest BCUT2D eigenvalue weighted by Crippen LogP contribution is 2.46. The number of aliphatic hydroxyl groups excluding tert-OH is 1. The topological polar surface area (TPSA) is 58.4 Å². The van der Waals surface area contributed by atoms with Crippen LogP contribution in [0, 0.1) is 17.8 Å². The number of rotatable bonds is 2. The SMILES string of the molecule is O=C(C1CC(F)(F)C1)N1C[C@H]2C[C@@H](n3ccnc3)[C@H](O)C[C@H]2C1. The summed E-state index contributed by atoms with van der Waals surface area (Å²) >= 11 is 0. The van der Waals surface area contributed by atoms with E-state index in [0.29, 0.717) is 25.4 Å². The summed E-state index contributed by atoms with van der Waals surface area (Å²) in [6.07, 6.45) is 5.64. The average Bonchev–Trinajstić information content (AvgIpc) is 3.11. The third-order valence-corrected chi connectivity index (χ3v) is 5.77. The van der Waals surface area contributed by atoms with Gasteiger partial charge in [0.25, 0.3) is 0 Å². The summed E-state index contributed by atoms with van der Waals surface area (Å²) in [7, 11) is 0. The number of likely N-dealkylation sites (tertiary alicyclic amines) is 1. The van der Waals surface area contributed by atoms with E-state index >= 15 is 0 Å². The Hall–Kier alpha value is -1.50. The van der Waals surface area contributed by atoms with E-state index in [2.05, 4.69) is 4.98 Å². The van der Waals surface area contributed by atoms with Crippen LogP contribution in [-0.4, -0.2) is 50.6 Å². The number of aromatic nitrogens is 2. The van der Waals surface area contributed by atoms with Gasteiger partial charge in [-0.2, -0.15) is 0 Å². The fourth-order valence-electron chi connectivity index (χ4n) is 4.47. The number of alkyl halides is 2. The minimum atomic E-state index is -2.66. The first-order chi connectivity index (χ1) is 10.9. The lowest BCUT2D eigenvalue weighted by atomic mass is 9.77. The number of imidazole rings is 1. The normalized spacial score (nSPS) is 36.6. The lowest BCUT2D eigenvalue weighted by molar-refractivity contribution is -0.159. The van der Waals surface area contributed by atoms with Gasteiger partial charge in [0, 0.05) is 44.2 Å².